The van der Waals surface area contributed by atoms with Gasteiger partial charge in [-0.15, -0.1) is 11.3 Å². The summed E-state index contributed by atoms with van der Waals surface area (Å²) in [6.07, 6.45) is 1.37. The zero-order valence-electron chi connectivity index (χ0n) is 13.6. The van der Waals surface area contributed by atoms with E-state index in [2.05, 4.69) is 35.7 Å². The lowest BCUT2D eigenvalue weighted by Gasteiger charge is -2.23. The second-order valence-electron chi connectivity index (χ2n) is 5.80. The SMILES string of the molecule is O=C(CCc1cccs1)N(Cc1ccccc1)Cc1ccccc1. The molecule has 0 saturated heterocycles. The summed E-state index contributed by atoms with van der Waals surface area (Å²) in [5, 5.41) is 2.06. The lowest BCUT2D eigenvalue weighted by atomic mass is 10.1. The van der Waals surface area contributed by atoms with Gasteiger partial charge in [-0.05, 0) is 29.0 Å². The Labute approximate surface area is 147 Å². The quantitative estimate of drug-likeness (QED) is 0.601. The minimum absolute atomic E-state index is 0.205. The zero-order chi connectivity index (χ0) is 16.6. The van der Waals surface area contributed by atoms with Crippen LogP contribution in [-0.4, -0.2) is 10.8 Å². The first-order chi connectivity index (χ1) is 11.8. The molecule has 0 saturated carbocycles. The van der Waals surface area contributed by atoms with Gasteiger partial charge in [-0.25, -0.2) is 0 Å². The fraction of sp³-hybridized carbons (Fsp3) is 0.190. The summed E-state index contributed by atoms with van der Waals surface area (Å²) >= 11 is 1.71. The minimum Gasteiger partial charge on any atom is -0.334 e. The summed E-state index contributed by atoms with van der Waals surface area (Å²) < 4.78 is 0. The van der Waals surface area contributed by atoms with Crippen molar-refractivity contribution in [1.82, 2.24) is 4.90 Å². The number of carbonyl (C=O) groups excluding carboxylic acids is 1. The van der Waals surface area contributed by atoms with Gasteiger partial charge in [0.15, 0.2) is 0 Å². The Kier molecular flexibility index (Phi) is 5.80. The molecule has 0 bridgehead atoms. The van der Waals surface area contributed by atoms with Crippen LogP contribution in [0.3, 0.4) is 0 Å². The Morgan fingerprint density at radius 2 is 1.38 bits per heavy atom. The van der Waals surface area contributed by atoms with Gasteiger partial charge in [0.2, 0.25) is 5.91 Å². The van der Waals surface area contributed by atoms with Crippen molar-refractivity contribution in [3.8, 4) is 0 Å². The van der Waals surface area contributed by atoms with Gasteiger partial charge in [0.25, 0.3) is 0 Å². The van der Waals surface area contributed by atoms with Crippen molar-refractivity contribution < 1.29 is 4.79 Å². The number of carbonyl (C=O) groups is 1. The Bertz CT molecular complexity index is 697. The molecule has 0 atom stereocenters. The van der Waals surface area contributed by atoms with Crippen molar-refractivity contribution in [2.75, 3.05) is 0 Å². The molecule has 0 unspecified atom stereocenters. The molecular formula is C21H21NOS. The predicted octanol–water partition coefficient (Wildman–Crippen LogP) is 4.91. The Morgan fingerprint density at radius 1 is 0.792 bits per heavy atom. The molecule has 1 heterocycles. The standard InChI is InChI=1S/C21H21NOS/c23-21(14-13-20-12-7-15-24-20)22(16-18-8-3-1-4-9-18)17-19-10-5-2-6-11-19/h1-12,15H,13-14,16-17H2. The number of benzene rings is 2. The Hall–Kier alpha value is -2.39. The molecule has 24 heavy (non-hydrogen) atoms. The third kappa shape index (κ3) is 4.80. The van der Waals surface area contributed by atoms with Crippen LogP contribution in [0.2, 0.25) is 0 Å². The van der Waals surface area contributed by atoms with Gasteiger partial charge in [-0.2, -0.15) is 0 Å². The van der Waals surface area contributed by atoms with Crippen molar-refractivity contribution in [3.05, 3.63) is 94.2 Å². The molecule has 2 aromatic carbocycles. The molecule has 0 N–H and O–H groups in total. The second-order valence-corrected chi connectivity index (χ2v) is 6.83. The smallest absolute Gasteiger partial charge is 0.223 e. The average molecular weight is 335 g/mol. The van der Waals surface area contributed by atoms with Crippen LogP contribution in [0, 0.1) is 0 Å². The van der Waals surface area contributed by atoms with Crippen LogP contribution in [0.25, 0.3) is 0 Å². The van der Waals surface area contributed by atoms with Gasteiger partial charge < -0.3 is 4.90 Å². The van der Waals surface area contributed by atoms with Crippen LogP contribution in [0.4, 0.5) is 0 Å². The molecule has 0 aliphatic heterocycles. The number of amides is 1. The van der Waals surface area contributed by atoms with Gasteiger partial charge in [0.1, 0.15) is 0 Å². The molecule has 3 rings (SSSR count). The maximum Gasteiger partial charge on any atom is 0.223 e. The maximum atomic E-state index is 12.8. The number of hydrogen-bond acceptors (Lipinski definition) is 2. The van der Waals surface area contributed by atoms with E-state index in [1.54, 1.807) is 11.3 Å². The van der Waals surface area contributed by atoms with Crippen molar-refractivity contribution in [1.29, 1.82) is 0 Å². The molecule has 0 aliphatic carbocycles. The first kappa shape index (κ1) is 16.5. The molecule has 2 nitrogen and oxygen atoms in total. The fourth-order valence-electron chi connectivity index (χ4n) is 2.68. The van der Waals surface area contributed by atoms with E-state index in [1.807, 2.05) is 47.4 Å². The van der Waals surface area contributed by atoms with Crippen molar-refractivity contribution in [2.24, 2.45) is 0 Å². The third-order valence-electron chi connectivity index (χ3n) is 3.95. The summed E-state index contributed by atoms with van der Waals surface area (Å²) in [5.74, 6) is 0.205. The number of hydrogen-bond donors (Lipinski definition) is 0. The Morgan fingerprint density at radius 3 is 1.88 bits per heavy atom. The van der Waals surface area contributed by atoms with Gasteiger partial charge >= 0.3 is 0 Å². The maximum absolute atomic E-state index is 12.8. The van der Waals surface area contributed by atoms with Gasteiger partial charge in [-0.3, -0.25) is 4.79 Å². The topological polar surface area (TPSA) is 20.3 Å². The van der Waals surface area contributed by atoms with Crippen LogP contribution < -0.4 is 0 Å². The van der Waals surface area contributed by atoms with Gasteiger partial charge in [-0.1, -0.05) is 66.7 Å². The summed E-state index contributed by atoms with van der Waals surface area (Å²) in [5.41, 5.74) is 2.33. The summed E-state index contributed by atoms with van der Waals surface area (Å²) in [4.78, 5) is 16.0. The second kappa shape index (κ2) is 8.46. The molecule has 0 fully saturated rings. The van der Waals surface area contributed by atoms with E-state index in [0.717, 1.165) is 17.5 Å². The lowest BCUT2D eigenvalue weighted by molar-refractivity contribution is -0.132. The number of rotatable bonds is 7. The number of thiophene rings is 1. The highest BCUT2D eigenvalue weighted by atomic mass is 32.1. The summed E-state index contributed by atoms with van der Waals surface area (Å²) in [6.45, 7) is 1.30. The van der Waals surface area contributed by atoms with E-state index in [0.29, 0.717) is 19.5 Å². The molecule has 0 spiro atoms. The van der Waals surface area contributed by atoms with Crippen molar-refractivity contribution >= 4 is 17.2 Å². The molecule has 3 aromatic rings. The van der Waals surface area contributed by atoms with E-state index >= 15 is 0 Å². The van der Waals surface area contributed by atoms with Crippen LogP contribution in [0.5, 0.6) is 0 Å². The largest absolute Gasteiger partial charge is 0.334 e. The van der Waals surface area contributed by atoms with E-state index < -0.39 is 0 Å². The first-order valence-electron chi connectivity index (χ1n) is 8.19. The van der Waals surface area contributed by atoms with Crippen LogP contribution in [0.15, 0.2) is 78.2 Å². The van der Waals surface area contributed by atoms with E-state index in [9.17, 15) is 4.79 Å². The molecule has 1 aromatic heterocycles. The minimum atomic E-state index is 0.205. The van der Waals surface area contributed by atoms with E-state index in [1.165, 1.54) is 4.88 Å². The zero-order valence-corrected chi connectivity index (χ0v) is 14.4. The molecule has 0 radical (unpaired) electrons. The van der Waals surface area contributed by atoms with Gasteiger partial charge in [0.05, 0.1) is 0 Å². The number of nitrogens with zero attached hydrogens (tertiary/aromatic N) is 1. The van der Waals surface area contributed by atoms with Crippen LogP contribution in [0.1, 0.15) is 22.4 Å². The molecular weight excluding hydrogens is 314 g/mol. The lowest BCUT2D eigenvalue weighted by Crippen LogP contribution is -2.30. The van der Waals surface area contributed by atoms with E-state index in [4.69, 9.17) is 0 Å². The Balaban J connectivity index is 1.69. The normalized spacial score (nSPS) is 10.5. The molecule has 1 amide bonds. The van der Waals surface area contributed by atoms with Crippen LogP contribution in [-0.2, 0) is 24.3 Å². The molecule has 3 heteroatoms. The fourth-order valence-corrected chi connectivity index (χ4v) is 3.39. The van der Waals surface area contributed by atoms with E-state index in [-0.39, 0.29) is 5.91 Å². The van der Waals surface area contributed by atoms with Crippen molar-refractivity contribution in [2.45, 2.75) is 25.9 Å². The van der Waals surface area contributed by atoms with Crippen LogP contribution >= 0.6 is 11.3 Å². The number of aryl methyl sites for hydroxylation is 1. The molecule has 122 valence electrons. The predicted molar refractivity (Wildman–Crippen MR) is 99.8 cm³/mol. The highest BCUT2D eigenvalue weighted by Crippen LogP contribution is 2.15. The summed E-state index contributed by atoms with van der Waals surface area (Å²) in [7, 11) is 0. The summed E-state index contributed by atoms with van der Waals surface area (Å²) in [6, 6.07) is 24.5. The first-order valence-corrected chi connectivity index (χ1v) is 9.07. The third-order valence-corrected chi connectivity index (χ3v) is 4.89. The molecule has 0 aliphatic rings. The monoisotopic (exact) mass is 335 g/mol. The average Bonchev–Trinajstić information content (AvgIpc) is 3.14. The highest BCUT2D eigenvalue weighted by molar-refractivity contribution is 7.09. The van der Waals surface area contributed by atoms with Crippen molar-refractivity contribution in [3.63, 3.8) is 0 Å². The van der Waals surface area contributed by atoms with Gasteiger partial charge in [0, 0.05) is 24.4 Å². The highest BCUT2D eigenvalue weighted by Gasteiger charge is 2.15.